The van der Waals surface area contributed by atoms with Gasteiger partial charge in [-0.3, -0.25) is 0 Å². The van der Waals surface area contributed by atoms with E-state index in [-0.39, 0.29) is 6.04 Å². The molecule has 2 aromatic rings. The van der Waals surface area contributed by atoms with E-state index in [1.165, 1.54) is 10.8 Å². The zero-order valence-corrected chi connectivity index (χ0v) is 12.8. The molecule has 0 aliphatic heterocycles. The second kappa shape index (κ2) is 6.38. The third-order valence-electron chi connectivity index (χ3n) is 3.70. The van der Waals surface area contributed by atoms with E-state index in [1.54, 1.807) is 0 Å². The van der Waals surface area contributed by atoms with Gasteiger partial charge in [0.2, 0.25) is 0 Å². The van der Waals surface area contributed by atoms with Gasteiger partial charge in [0.25, 0.3) is 0 Å². The minimum absolute atomic E-state index is 0.0659. The molecule has 0 spiro atoms. The lowest BCUT2D eigenvalue weighted by molar-refractivity contribution is 0.100. The van der Waals surface area contributed by atoms with Crippen LogP contribution in [0.5, 0.6) is 0 Å². The van der Waals surface area contributed by atoms with Crippen molar-refractivity contribution in [3.05, 3.63) is 48.0 Å². The molecule has 0 heterocycles. The van der Waals surface area contributed by atoms with Gasteiger partial charge in [0.05, 0.1) is 6.10 Å². The summed E-state index contributed by atoms with van der Waals surface area (Å²) in [6.07, 6.45) is -0.484. The molecule has 0 bridgehead atoms. The van der Waals surface area contributed by atoms with Crippen LogP contribution in [0.3, 0.4) is 0 Å². The number of rotatable bonds is 5. The summed E-state index contributed by atoms with van der Waals surface area (Å²) in [5.41, 5.74) is 0.982. The molecular formula is C18H25NO. The minimum atomic E-state index is -0.484. The van der Waals surface area contributed by atoms with E-state index in [4.69, 9.17) is 0 Å². The summed E-state index contributed by atoms with van der Waals surface area (Å²) in [5.74, 6) is 0.374. The Morgan fingerprint density at radius 1 is 0.900 bits per heavy atom. The smallest absolute Gasteiger partial charge is 0.0945 e. The van der Waals surface area contributed by atoms with E-state index in [0.717, 1.165) is 5.56 Å². The van der Waals surface area contributed by atoms with Crippen LogP contribution in [0, 0.1) is 5.92 Å². The monoisotopic (exact) mass is 271 g/mol. The van der Waals surface area contributed by atoms with Crippen LogP contribution in [-0.2, 0) is 0 Å². The lowest BCUT2D eigenvalue weighted by atomic mass is 9.91. The first-order valence-electron chi connectivity index (χ1n) is 7.42. The second-order valence-corrected chi connectivity index (χ2v) is 6.14. The highest BCUT2D eigenvalue weighted by Crippen LogP contribution is 2.25. The predicted octanol–water partition coefficient (Wildman–Crippen LogP) is 3.90. The highest BCUT2D eigenvalue weighted by Gasteiger charge is 2.24. The van der Waals surface area contributed by atoms with Gasteiger partial charge >= 0.3 is 0 Å². The quantitative estimate of drug-likeness (QED) is 0.864. The van der Waals surface area contributed by atoms with E-state index in [1.807, 2.05) is 18.2 Å². The molecule has 2 atom stereocenters. The minimum Gasteiger partial charge on any atom is -0.387 e. The molecule has 2 N–H and O–H groups in total. The third-order valence-corrected chi connectivity index (χ3v) is 3.70. The van der Waals surface area contributed by atoms with Gasteiger partial charge in [-0.25, -0.2) is 0 Å². The molecule has 0 aliphatic rings. The van der Waals surface area contributed by atoms with Crippen molar-refractivity contribution in [3.8, 4) is 0 Å². The zero-order chi connectivity index (χ0) is 14.7. The summed E-state index contributed by atoms with van der Waals surface area (Å²) in [6.45, 7) is 8.51. The van der Waals surface area contributed by atoms with Crippen LogP contribution in [0.25, 0.3) is 10.8 Å². The largest absolute Gasteiger partial charge is 0.387 e. The standard InChI is InChI=1S/C18H25NO/c1-12(2)17(19-13(3)4)18(20)16-10-9-14-7-5-6-8-15(14)11-16/h5-13,17-20H,1-4H3. The average molecular weight is 271 g/mol. The van der Waals surface area contributed by atoms with E-state index >= 15 is 0 Å². The van der Waals surface area contributed by atoms with Crippen LogP contribution < -0.4 is 5.32 Å². The van der Waals surface area contributed by atoms with E-state index in [0.29, 0.717) is 12.0 Å². The Balaban J connectivity index is 2.30. The molecule has 2 rings (SSSR count). The fourth-order valence-corrected chi connectivity index (χ4v) is 2.63. The molecular weight excluding hydrogens is 246 g/mol. The van der Waals surface area contributed by atoms with Crippen LogP contribution in [0.1, 0.15) is 39.4 Å². The molecule has 0 aliphatic carbocycles. The maximum Gasteiger partial charge on any atom is 0.0945 e. The fourth-order valence-electron chi connectivity index (χ4n) is 2.63. The molecule has 2 unspecified atom stereocenters. The van der Waals surface area contributed by atoms with Gasteiger partial charge in [-0.05, 0) is 28.3 Å². The molecule has 0 aromatic heterocycles. The lowest BCUT2D eigenvalue weighted by Gasteiger charge is -2.30. The van der Waals surface area contributed by atoms with Crippen molar-refractivity contribution in [2.75, 3.05) is 0 Å². The SMILES string of the molecule is CC(C)NC(C(C)C)C(O)c1ccc2ccccc2c1. The molecule has 0 amide bonds. The fraction of sp³-hybridized carbons (Fsp3) is 0.444. The van der Waals surface area contributed by atoms with E-state index in [2.05, 4.69) is 57.3 Å². The van der Waals surface area contributed by atoms with E-state index < -0.39 is 6.10 Å². The first kappa shape index (κ1) is 15.0. The Labute approximate surface area is 121 Å². The Bertz CT molecular complexity index is 562. The van der Waals surface area contributed by atoms with Gasteiger partial charge in [0, 0.05) is 12.1 Å². The van der Waals surface area contributed by atoms with Crippen LogP contribution >= 0.6 is 0 Å². The Kier molecular flexibility index (Phi) is 4.79. The number of benzene rings is 2. The van der Waals surface area contributed by atoms with Crippen LogP contribution in [-0.4, -0.2) is 17.2 Å². The number of aliphatic hydroxyl groups is 1. The third kappa shape index (κ3) is 3.38. The summed E-state index contributed by atoms with van der Waals surface area (Å²) >= 11 is 0. The maximum atomic E-state index is 10.7. The molecule has 2 nitrogen and oxygen atoms in total. The van der Waals surface area contributed by atoms with Crippen LogP contribution in [0.15, 0.2) is 42.5 Å². The molecule has 0 saturated carbocycles. The molecule has 0 saturated heterocycles. The van der Waals surface area contributed by atoms with Crippen molar-refractivity contribution in [3.63, 3.8) is 0 Å². The second-order valence-electron chi connectivity index (χ2n) is 6.14. The maximum absolute atomic E-state index is 10.7. The highest BCUT2D eigenvalue weighted by molar-refractivity contribution is 5.83. The molecule has 2 heteroatoms. The Hall–Kier alpha value is -1.38. The van der Waals surface area contributed by atoms with Crippen molar-refractivity contribution in [1.29, 1.82) is 0 Å². The molecule has 0 fully saturated rings. The van der Waals surface area contributed by atoms with Gasteiger partial charge in [0.15, 0.2) is 0 Å². The average Bonchev–Trinajstić information content (AvgIpc) is 2.43. The van der Waals surface area contributed by atoms with Crippen molar-refractivity contribution < 1.29 is 5.11 Å². The topological polar surface area (TPSA) is 32.3 Å². The summed E-state index contributed by atoms with van der Waals surface area (Å²) in [7, 11) is 0. The number of nitrogens with one attached hydrogen (secondary N) is 1. The van der Waals surface area contributed by atoms with Crippen molar-refractivity contribution in [2.24, 2.45) is 5.92 Å². The predicted molar refractivity (Wildman–Crippen MR) is 85.8 cm³/mol. The number of hydrogen-bond acceptors (Lipinski definition) is 2. The van der Waals surface area contributed by atoms with Gasteiger partial charge in [0.1, 0.15) is 0 Å². The van der Waals surface area contributed by atoms with Gasteiger partial charge in [-0.2, -0.15) is 0 Å². The highest BCUT2D eigenvalue weighted by atomic mass is 16.3. The van der Waals surface area contributed by atoms with Gasteiger partial charge in [-0.15, -0.1) is 0 Å². The van der Waals surface area contributed by atoms with Crippen LogP contribution in [0.4, 0.5) is 0 Å². The molecule has 0 radical (unpaired) electrons. The van der Waals surface area contributed by atoms with Crippen molar-refractivity contribution in [1.82, 2.24) is 5.32 Å². The molecule has 2 aromatic carbocycles. The normalized spacial score (nSPS) is 14.9. The van der Waals surface area contributed by atoms with Crippen molar-refractivity contribution in [2.45, 2.75) is 45.9 Å². The van der Waals surface area contributed by atoms with E-state index in [9.17, 15) is 5.11 Å². The van der Waals surface area contributed by atoms with Gasteiger partial charge in [-0.1, -0.05) is 64.1 Å². The first-order chi connectivity index (χ1) is 9.49. The number of hydrogen-bond donors (Lipinski definition) is 2. The summed E-state index contributed by atoms with van der Waals surface area (Å²) in [6, 6.07) is 14.9. The molecule has 20 heavy (non-hydrogen) atoms. The zero-order valence-electron chi connectivity index (χ0n) is 12.8. The lowest BCUT2D eigenvalue weighted by Crippen LogP contribution is -2.42. The molecule has 108 valence electrons. The Morgan fingerprint density at radius 2 is 1.55 bits per heavy atom. The summed E-state index contributed by atoms with van der Waals surface area (Å²) in [4.78, 5) is 0. The Morgan fingerprint density at radius 3 is 2.15 bits per heavy atom. The summed E-state index contributed by atoms with van der Waals surface area (Å²) in [5, 5.41) is 16.6. The number of aliphatic hydroxyl groups excluding tert-OH is 1. The van der Waals surface area contributed by atoms with Crippen molar-refractivity contribution >= 4 is 10.8 Å². The van der Waals surface area contributed by atoms with Gasteiger partial charge < -0.3 is 10.4 Å². The first-order valence-corrected chi connectivity index (χ1v) is 7.42. The number of fused-ring (bicyclic) bond motifs is 1. The summed E-state index contributed by atoms with van der Waals surface area (Å²) < 4.78 is 0. The van der Waals surface area contributed by atoms with Crippen LogP contribution in [0.2, 0.25) is 0 Å².